The summed E-state index contributed by atoms with van der Waals surface area (Å²) in [6.45, 7) is 5.42. The summed E-state index contributed by atoms with van der Waals surface area (Å²) in [5.41, 5.74) is 3.34. The van der Waals surface area contributed by atoms with E-state index in [1.54, 1.807) is 0 Å². The van der Waals surface area contributed by atoms with Crippen LogP contribution in [0.1, 0.15) is 43.4 Å². The van der Waals surface area contributed by atoms with E-state index in [1.807, 2.05) is 18.2 Å². The average Bonchev–Trinajstić information content (AvgIpc) is 2.84. The Morgan fingerprint density at radius 1 is 0.935 bits per heavy atom. The summed E-state index contributed by atoms with van der Waals surface area (Å²) >= 11 is 0. The highest BCUT2D eigenvalue weighted by Crippen LogP contribution is 2.32. The van der Waals surface area contributed by atoms with Gasteiger partial charge in [-0.2, -0.15) is 0 Å². The number of carbonyl (C=O) groups is 1. The molecule has 0 N–H and O–H groups in total. The van der Waals surface area contributed by atoms with E-state index in [0.717, 1.165) is 74.9 Å². The maximum absolute atomic E-state index is 13.2. The second-order valence-electron chi connectivity index (χ2n) is 9.30. The number of fused-ring (bicyclic) bond motifs is 1. The first-order valence-corrected chi connectivity index (χ1v) is 11.9. The summed E-state index contributed by atoms with van der Waals surface area (Å²) in [7, 11) is 2.17. The van der Waals surface area contributed by atoms with Gasteiger partial charge in [-0.05, 0) is 19.9 Å². The van der Waals surface area contributed by atoms with Gasteiger partial charge in [-0.15, -0.1) is 0 Å². The van der Waals surface area contributed by atoms with Gasteiger partial charge in [0.25, 0.3) is 0 Å². The standard InChI is InChI=1S/C25H33N5O/c1-28-14-16-29(17-15-28)24-21-18-30(25(31)20-10-6-3-7-11-20)13-12-22(21)26-23(27-24)19-8-4-2-5-9-19/h2,4-5,8-9,20H,3,6-7,10-18H2,1H3. The minimum Gasteiger partial charge on any atom is -0.354 e. The molecule has 6 nitrogen and oxygen atoms in total. The number of hydrogen-bond donors (Lipinski definition) is 0. The van der Waals surface area contributed by atoms with E-state index < -0.39 is 0 Å². The normalized spacial score (nSPS) is 20.5. The van der Waals surface area contributed by atoms with Gasteiger partial charge < -0.3 is 14.7 Å². The summed E-state index contributed by atoms with van der Waals surface area (Å²) in [5.74, 6) is 2.41. The summed E-state index contributed by atoms with van der Waals surface area (Å²) < 4.78 is 0. The number of likely N-dealkylation sites (N-methyl/N-ethyl adjacent to an activating group) is 1. The Morgan fingerprint density at radius 2 is 1.68 bits per heavy atom. The monoisotopic (exact) mass is 419 g/mol. The molecule has 1 aromatic carbocycles. The molecule has 0 bridgehead atoms. The lowest BCUT2D eigenvalue weighted by Gasteiger charge is -2.38. The van der Waals surface area contributed by atoms with E-state index in [2.05, 4.69) is 33.9 Å². The molecule has 0 spiro atoms. The molecule has 0 unspecified atom stereocenters. The SMILES string of the molecule is CN1CCN(c2nc(-c3ccccc3)nc3c2CN(C(=O)C2CCCCC2)CC3)CC1. The third kappa shape index (κ3) is 4.31. The minimum atomic E-state index is 0.215. The zero-order valence-electron chi connectivity index (χ0n) is 18.6. The zero-order valence-corrected chi connectivity index (χ0v) is 18.6. The van der Waals surface area contributed by atoms with E-state index in [0.29, 0.717) is 12.5 Å². The fourth-order valence-electron chi connectivity index (χ4n) is 5.19. The Balaban J connectivity index is 1.47. The quantitative estimate of drug-likeness (QED) is 0.764. The van der Waals surface area contributed by atoms with E-state index in [4.69, 9.17) is 9.97 Å². The van der Waals surface area contributed by atoms with Crippen molar-refractivity contribution in [2.45, 2.75) is 45.1 Å². The average molecular weight is 420 g/mol. The molecular formula is C25H33N5O. The topological polar surface area (TPSA) is 52.6 Å². The van der Waals surface area contributed by atoms with E-state index >= 15 is 0 Å². The smallest absolute Gasteiger partial charge is 0.225 e. The fourth-order valence-corrected chi connectivity index (χ4v) is 5.19. The van der Waals surface area contributed by atoms with Crippen molar-refractivity contribution in [2.24, 2.45) is 5.92 Å². The Hall–Kier alpha value is -2.47. The van der Waals surface area contributed by atoms with Gasteiger partial charge in [-0.3, -0.25) is 4.79 Å². The van der Waals surface area contributed by atoms with Crippen molar-refractivity contribution >= 4 is 11.7 Å². The number of nitrogens with zero attached hydrogens (tertiary/aromatic N) is 5. The molecule has 2 aliphatic heterocycles. The van der Waals surface area contributed by atoms with Gasteiger partial charge in [0.2, 0.25) is 5.91 Å². The number of amides is 1. The second-order valence-corrected chi connectivity index (χ2v) is 9.30. The van der Waals surface area contributed by atoms with Crippen LogP contribution in [0, 0.1) is 5.92 Å². The van der Waals surface area contributed by atoms with Crippen LogP contribution < -0.4 is 4.90 Å². The van der Waals surface area contributed by atoms with Crippen molar-refractivity contribution in [1.29, 1.82) is 0 Å². The second kappa shape index (κ2) is 8.95. The molecule has 5 rings (SSSR count). The van der Waals surface area contributed by atoms with Crippen LogP contribution in [-0.4, -0.2) is 65.4 Å². The third-order valence-corrected chi connectivity index (χ3v) is 7.14. The van der Waals surface area contributed by atoms with Crippen molar-refractivity contribution in [3.8, 4) is 11.4 Å². The summed E-state index contributed by atoms with van der Waals surface area (Å²) in [4.78, 5) is 30.1. The van der Waals surface area contributed by atoms with Crippen LogP contribution in [-0.2, 0) is 17.8 Å². The number of piperazine rings is 1. The predicted octanol–water partition coefficient (Wildman–Crippen LogP) is 3.36. The van der Waals surface area contributed by atoms with Crippen LogP contribution in [0.4, 0.5) is 5.82 Å². The van der Waals surface area contributed by atoms with Gasteiger partial charge in [0.15, 0.2) is 5.82 Å². The highest BCUT2D eigenvalue weighted by molar-refractivity contribution is 5.79. The summed E-state index contributed by atoms with van der Waals surface area (Å²) in [5, 5.41) is 0. The minimum absolute atomic E-state index is 0.215. The van der Waals surface area contributed by atoms with Crippen molar-refractivity contribution in [1.82, 2.24) is 19.8 Å². The Kier molecular flexibility index (Phi) is 5.90. The molecule has 1 amide bonds. The van der Waals surface area contributed by atoms with Gasteiger partial charge in [-0.25, -0.2) is 9.97 Å². The molecule has 0 radical (unpaired) electrons. The van der Waals surface area contributed by atoms with Crippen molar-refractivity contribution in [3.05, 3.63) is 41.6 Å². The molecule has 1 aliphatic carbocycles. The van der Waals surface area contributed by atoms with Crippen LogP contribution in [0.15, 0.2) is 30.3 Å². The van der Waals surface area contributed by atoms with Crippen molar-refractivity contribution < 1.29 is 4.79 Å². The highest BCUT2D eigenvalue weighted by atomic mass is 16.2. The molecule has 3 aliphatic rings. The first kappa shape index (κ1) is 20.4. The maximum Gasteiger partial charge on any atom is 0.225 e. The predicted molar refractivity (Wildman–Crippen MR) is 123 cm³/mol. The summed E-state index contributed by atoms with van der Waals surface area (Å²) in [6, 6.07) is 10.3. The highest BCUT2D eigenvalue weighted by Gasteiger charge is 2.32. The van der Waals surface area contributed by atoms with E-state index in [1.165, 1.54) is 24.8 Å². The molecule has 0 atom stereocenters. The van der Waals surface area contributed by atoms with Crippen LogP contribution in [0.25, 0.3) is 11.4 Å². The molecule has 6 heteroatoms. The number of carbonyl (C=O) groups excluding carboxylic acids is 1. The Bertz CT molecular complexity index is 917. The van der Waals surface area contributed by atoms with E-state index in [-0.39, 0.29) is 5.92 Å². The van der Waals surface area contributed by atoms with Gasteiger partial charge >= 0.3 is 0 Å². The molecule has 2 aromatic rings. The van der Waals surface area contributed by atoms with Gasteiger partial charge in [0.1, 0.15) is 5.82 Å². The number of rotatable bonds is 3. The van der Waals surface area contributed by atoms with Crippen LogP contribution in [0.3, 0.4) is 0 Å². The molecule has 1 aromatic heterocycles. The van der Waals surface area contributed by atoms with Crippen molar-refractivity contribution in [3.63, 3.8) is 0 Å². The maximum atomic E-state index is 13.2. The molecule has 164 valence electrons. The molecule has 3 heterocycles. The van der Waals surface area contributed by atoms with Gasteiger partial charge in [-0.1, -0.05) is 49.6 Å². The number of benzene rings is 1. The molecular weight excluding hydrogens is 386 g/mol. The number of anilines is 1. The van der Waals surface area contributed by atoms with Crippen LogP contribution >= 0.6 is 0 Å². The van der Waals surface area contributed by atoms with Gasteiger partial charge in [0, 0.05) is 56.2 Å². The third-order valence-electron chi connectivity index (χ3n) is 7.14. The largest absolute Gasteiger partial charge is 0.354 e. The lowest BCUT2D eigenvalue weighted by Crippen LogP contribution is -2.46. The number of hydrogen-bond acceptors (Lipinski definition) is 5. The first-order chi connectivity index (χ1) is 15.2. The number of aromatic nitrogens is 2. The lowest BCUT2D eigenvalue weighted by molar-refractivity contribution is -0.137. The summed E-state index contributed by atoms with van der Waals surface area (Å²) in [6.07, 6.45) is 6.58. The lowest BCUT2D eigenvalue weighted by atomic mass is 9.87. The van der Waals surface area contributed by atoms with E-state index in [9.17, 15) is 4.79 Å². The van der Waals surface area contributed by atoms with Crippen LogP contribution in [0.5, 0.6) is 0 Å². The Labute approximate surface area is 185 Å². The first-order valence-electron chi connectivity index (χ1n) is 11.9. The van der Waals surface area contributed by atoms with Crippen LogP contribution in [0.2, 0.25) is 0 Å². The zero-order chi connectivity index (χ0) is 21.2. The molecule has 1 saturated carbocycles. The molecule has 31 heavy (non-hydrogen) atoms. The van der Waals surface area contributed by atoms with Crippen molar-refractivity contribution in [2.75, 3.05) is 44.7 Å². The molecule has 2 fully saturated rings. The molecule has 1 saturated heterocycles. The Morgan fingerprint density at radius 3 is 2.42 bits per heavy atom. The fraction of sp³-hybridized carbons (Fsp3) is 0.560. The van der Waals surface area contributed by atoms with Gasteiger partial charge in [0.05, 0.1) is 12.2 Å².